The molecule has 1 saturated carbocycles. The van der Waals surface area contributed by atoms with Crippen LogP contribution in [0.2, 0.25) is 0 Å². The SMILES string of the molecule is CN(CC1CCCC1)C(=O)CCCCN. The van der Waals surface area contributed by atoms with Crippen molar-refractivity contribution in [3.63, 3.8) is 0 Å². The number of nitrogens with zero attached hydrogens (tertiary/aromatic N) is 1. The fourth-order valence-electron chi connectivity index (χ4n) is 2.29. The van der Waals surface area contributed by atoms with E-state index in [1.165, 1.54) is 25.7 Å². The maximum atomic E-state index is 11.7. The van der Waals surface area contributed by atoms with Crippen molar-refractivity contribution in [3.8, 4) is 0 Å². The van der Waals surface area contributed by atoms with E-state index in [1.54, 1.807) is 0 Å². The average molecular weight is 212 g/mol. The van der Waals surface area contributed by atoms with Crippen molar-refractivity contribution in [1.82, 2.24) is 4.90 Å². The zero-order valence-corrected chi connectivity index (χ0v) is 9.87. The number of nitrogens with two attached hydrogens (primary N) is 1. The number of rotatable bonds is 6. The highest BCUT2D eigenvalue weighted by molar-refractivity contribution is 5.75. The minimum atomic E-state index is 0.287. The second-order valence-electron chi connectivity index (χ2n) is 4.67. The normalized spacial score (nSPS) is 16.9. The molecule has 1 fully saturated rings. The smallest absolute Gasteiger partial charge is 0.222 e. The first-order valence-electron chi connectivity index (χ1n) is 6.18. The summed E-state index contributed by atoms with van der Waals surface area (Å²) in [6, 6.07) is 0. The highest BCUT2D eigenvalue weighted by Gasteiger charge is 2.18. The predicted octanol–water partition coefficient (Wildman–Crippen LogP) is 1.76. The van der Waals surface area contributed by atoms with Gasteiger partial charge in [-0.2, -0.15) is 0 Å². The molecule has 0 radical (unpaired) electrons. The molecule has 0 unspecified atom stereocenters. The Bertz CT molecular complexity index is 188. The van der Waals surface area contributed by atoms with Gasteiger partial charge in [-0.05, 0) is 38.1 Å². The van der Waals surface area contributed by atoms with Gasteiger partial charge >= 0.3 is 0 Å². The zero-order chi connectivity index (χ0) is 11.1. The van der Waals surface area contributed by atoms with E-state index in [-0.39, 0.29) is 5.91 Å². The number of amides is 1. The van der Waals surface area contributed by atoms with E-state index in [0.29, 0.717) is 13.0 Å². The van der Waals surface area contributed by atoms with Gasteiger partial charge in [-0.15, -0.1) is 0 Å². The van der Waals surface area contributed by atoms with Crippen LogP contribution in [0, 0.1) is 5.92 Å². The number of carbonyl (C=O) groups is 1. The molecular formula is C12H24N2O. The summed E-state index contributed by atoms with van der Waals surface area (Å²) in [5.74, 6) is 1.05. The molecule has 0 heterocycles. The molecule has 3 heteroatoms. The van der Waals surface area contributed by atoms with Gasteiger partial charge in [-0.3, -0.25) is 4.79 Å². The lowest BCUT2D eigenvalue weighted by atomic mass is 10.1. The molecule has 1 rings (SSSR count). The Balaban J connectivity index is 2.14. The monoisotopic (exact) mass is 212 g/mol. The lowest BCUT2D eigenvalue weighted by Crippen LogP contribution is -2.30. The molecule has 0 spiro atoms. The molecule has 88 valence electrons. The molecule has 0 aromatic carbocycles. The largest absolute Gasteiger partial charge is 0.345 e. The molecule has 1 amide bonds. The van der Waals surface area contributed by atoms with E-state index in [2.05, 4.69) is 0 Å². The minimum Gasteiger partial charge on any atom is -0.345 e. The molecule has 1 aliphatic carbocycles. The van der Waals surface area contributed by atoms with Crippen LogP contribution in [0.25, 0.3) is 0 Å². The Morgan fingerprint density at radius 3 is 2.60 bits per heavy atom. The van der Waals surface area contributed by atoms with E-state index < -0.39 is 0 Å². The summed E-state index contributed by atoms with van der Waals surface area (Å²) in [6.07, 6.45) is 7.87. The number of unbranched alkanes of at least 4 members (excludes halogenated alkanes) is 1. The summed E-state index contributed by atoms with van der Waals surface area (Å²) < 4.78 is 0. The maximum absolute atomic E-state index is 11.7. The van der Waals surface area contributed by atoms with Crippen molar-refractivity contribution < 1.29 is 4.79 Å². The Morgan fingerprint density at radius 1 is 1.33 bits per heavy atom. The van der Waals surface area contributed by atoms with Gasteiger partial charge in [0.2, 0.25) is 5.91 Å². The van der Waals surface area contributed by atoms with Gasteiger partial charge in [-0.25, -0.2) is 0 Å². The summed E-state index contributed by atoms with van der Waals surface area (Å²) in [5, 5.41) is 0. The van der Waals surface area contributed by atoms with Crippen LogP contribution in [0.1, 0.15) is 44.9 Å². The number of hydrogen-bond donors (Lipinski definition) is 1. The Labute approximate surface area is 93.0 Å². The van der Waals surface area contributed by atoms with Crippen LogP contribution < -0.4 is 5.73 Å². The number of carbonyl (C=O) groups excluding carboxylic acids is 1. The molecule has 0 aromatic heterocycles. The second-order valence-corrected chi connectivity index (χ2v) is 4.67. The van der Waals surface area contributed by atoms with Gasteiger partial charge in [0, 0.05) is 20.0 Å². The second kappa shape index (κ2) is 6.83. The van der Waals surface area contributed by atoms with Gasteiger partial charge in [0.15, 0.2) is 0 Å². The van der Waals surface area contributed by atoms with Gasteiger partial charge in [0.25, 0.3) is 0 Å². The summed E-state index contributed by atoms with van der Waals surface area (Å²) in [5.41, 5.74) is 5.40. The van der Waals surface area contributed by atoms with E-state index in [0.717, 1.165) is 25.3 Å². The van der Waals surface area contributed by atoms with E-state index in [9.17, 15) is 4.79 Å². The van der Waals surface area contributed by atoms with Crippen molar-refractivity contribution in [1.29, 1.82) is 0 Å². The zero-order valence-electron chi connectivity index (χ0n) is 9.87. The highest BCUT2D eigenvalue weighted by Crippen LogP contribution is 2.25. The third-order valence-corrected chi connectivity index (χ3v) is 3.28. The molecule has 0 aromatic rings. The van der Waals surface area contributed by atoms with Crippen LogP contribution in [0.4, 0.5) is 0 Å². The fraction of sp³-hybridized carbons (Fsp3) is 0.917. The van der Waals surface area contributed by atoms with Crippen LogP contribution in [0.15, 0.2) is 0 Å². The quantitative estimate of drug-likeness (QED) is 0.682. The molecular weight excluding hydrogens is 188 g/mol. The molecule has 3 nitrogen and oxygen atoms in total. The summed E-state index contributed by atoms with van der Waals surface area (Å²) in [6.45, 7) is 1.65. The van der Waals surface area contributed by atoms with Crippen LogP contribution in [0.5, 0.6) is 0 Å². The maximum Gasteiger partial charge on any atom is 0.222 e. The Kier molecular flexibility index (Phi) is 5.69. The fourth-order valence-corrected chi connectivity index (χ4v) is 2.29. The lowest BCUT2D eigenvalue weighted by Gasteiger charge is -2.21. The van der Waals surface area contributed by atoms with E-state index >= 15 is 0 Å². The topological polar surface area (TPSA) is 46.3 Å². The first-order valence-corrected chi connectivity index (χ1v) is 6.18. The van der Waals surface area contributed by atoms with Crippen LogP contribution >= 0.6 is 0 Å². The molecule has 2 N–H and O–H groups in total. The molecule has 1 aliphatic rings. The third kappa shape index (κ3) is 4.65. The minimum absolute atomic E-state index is 0.287. The van der Waals surface area contributed by atoms with Crippen molar-refractivity contribution in [2.75, 3.05) is 20.1 Å². The van der Waals surface area contributed by atoms with Gasteiger partial charge in [0.1, 0.15) is 0 Å². The van der Waals surface area contributed by atoms with Crippen LogP contribution in [0.3, 0.4) is 0 Å². The summed E-state index contributed by atoms with van der Waals surface area (Å²) in [7, 11) is 1.93. The van der Waals surface area contributed by atoms with E-state index in [1.807, 2.05) is 11.9 Å². The molecule has 0 aliphatic heterocycles. The first-order chi connectivity index (χ1) is 7.24. The third-order valence-electron chi connectivity index (χ3n) is 3.28. The molecule has 0 saturated heterocycles. The first kappa shape index (κ1) is 12.5. The summed E-state index contributed by atoms with van der Waals surface area (Å²) in [4.78, 5) is 13.6. The Hall–Kier alpha value is -0.570. The van der Waals surface area contributed by atoms with Crippen LogP contribution in [-0.2, 0) is 4.79 Å². The molecule has 0 atom stereocenters. The van der Waals surface area contributed by atoms with Gasteiger partial charge < -0.3 is 10.6 Å². The van der Waals surface area contributed by atoms with Crippen molar-refractivity contribution in [2.24, 2.45) is 11.7 Å². The van der Waals surface area contributed by atoms with Crippen LogP contribution in [-0.4, -0.2) is 30.9 Å². The van der Waals surface area contributed by atoms with Gasteiger partial charge in [-0.1, -0.05) is 12.8 Å². The molecule has 15 heavy (non-hydrogen) atoms. The van der Waals surface area contributed by atoms with Crippen molar-refractivity contribution in [2.45, 2.75) is 44.9 Å². The lowest BCUT2D eigenvalue weighted by molar-refractivity contribution is -0.130. The average Bonchev–Trinajstić information content (AvgIpc) is 2.70. The van der Waals surface area contributed by atoms with Crippen molar-refractivity contribution in [3.05, 3.63) is 0 Å². The molecule has 0 bridgehead atoms. The predicted molar refractivity (Wildman–Crippen MR) is 62.5 cm³/mol. The highest BCUT2D eigenvalue weighted by atomic mass is 16.2. The van der Waals surface area contributed by atoms with Crippen molar-refractivity contribution >= 4 is 5.91 Å². The van der Waals surface area contributed by atoms with Gasteiger partial charge in [0.05, 0.1) is 0 Å². The van der Waals surface area contributed by atoms with E-state index in [4.69, 9.17) is 5.73 Å². The summed E-state index contributed by atoms with van der Waals surface area (Å²) >= 11 is 0. The Morgan fingerprint density at radius 2 is 2.00 bits per heavy atom. The number of hydrogen-bond acceptors (Lipinski definition) is 2. The standard InChI is InChI=1S/C12H24N2O/c1-14(10-11-6-2-3-7-11)12(15)8-4-5-9-13/h11H,2-10,13H2,1H3.